The van der Waals surface area contributed by atoms with E-state index >= 15 is 4.39 Å². The first-order valence-corrected chi connectivity index (χ1v) is 9.81. The molecule has 1 aromatic rings. The largest absolute Gasteiger partial charge is 0.393 e. The van der Waals surface area contributed by atoms with Crippen molar-refractivity contribution >= 4 is 0 Å². The van der Waals surface area contributed by atoms with E-state index in [4.69, 9.17) is 5.73 Å². The molecule has 0 aliphatic heterocycles. The van der Waals surface area contributed by atoms with Crippen molar-refractivity contribution in [3.8, 4) is 0 Å². The van der Waals surface area contributed by atoms with Gasteiger partial charge < -0.3 is 21.3 Å². The van der Waals surface area contributed by atoms with Crippen molar-refractivity contribution in [2.45, 2.75) is 70.2 Å². The number of benzene rings is 1. The normalized spacial score (nSPS) is 22.2. The zero-order valence-corrected chi connectivity index (χ0v) is 16.6. The number of allylic oxidation sites excluding steroid dienone is 2. The first kappa shape index (κ1) is 21.8. The minimum absolute atomic E-state index is 0.0660. The fraction of sp³-hybridized carbons (Fsp3) is 0.545. The molecule has 150 valence electrons. The Morgan fingerprint density at radius 3 is 2.70 bits per heavy atom. The highest BCUT2D eigenvalue weighted by atomic mass is 19.1. The van der Waals surface area contributed by atoms with Gasteiger partial charge in [0.25, 0.3) is 0 Å². The van der Waals surface area contributed by atoms with Crippen LogP contribution in [0, 0.1) is 6.92 Å². The summed E-state index contributed by atoms with van der Waals surface area (Å²) >= 11 is 0. The number of halogens is 1. The number of aryl methyl sites for hydroxylation is 1. The molecule has 1 aromatic carbocycles. The number of nitrogens with two attached hydrogens (primary N) is 1. The van der Waals surface area contributed by atoms with E-state index in [1.54, 1.807) is 13.1 Å². The van der Waals surface area contributed by atoms with Gasteiger partial charge in [0.05, 0.1) is 18.8 Å². The van der Waals surface area contributed by atoms with Gasteiger partial charge in [0, 0.05) is 12.0 Å². The SMILES string of the molecule is CCCCC(O)CC(C1=C(F)C(N)C(NC)C=C1)c1ccc(C)c(CO)c1. The van der Waals surface area contributed by atoms with Crippen LogP contribution < -0.4 is 11.1 Å². The molecule has 0 saturated carbocycles. The molecule has 0 amide bonds. The molecule has 1 aliphatic rings. The van der Waals surface area contributed by atoms with E-state index in [1.807, 2.05) is 31.2 Å². The first-order chi connectivity index (χ1) is 12.9. The highest BCUT2D eigenvalue weighted by Crippen LogP contribution is 2.37. The fourth-order valence-electron chi connectivity index (χ4n) is 3.67. The summed E-state index contributed by atoms with van der Waals surface area (Å²) in [4.78, 5) is 0. The average Bonchev–Trinajstić information content (AvgIpc) is 2.67. The van der Waals surface area contributed by atoms with Gasteiger partial charge in [-0.1, -0.05) is 50.1 Å². The Balaban J connectivity index is 2.41. The van der Waals surface area contributed by atoms with Crippen molar-refractivity contribution in [3.63, 3.8) is 0 Å². The molecule has 1 aliphatic carbocycles. The van der Waals surface area contributed by atoms with Crippen molar-refractivity contribution in [1.29, 1.82) is 0 Å². The lowest BCUT2D eigenvalue weighted by Gasteiger charge is -2.30. The van der Waals surface area contributed by atoms with Crippen molar-refractivity contribution in [2.24, 2.45) is 5.73 Å². The minimum Gasteiger partial charge on any atom is -0.393 e. The highest BCUT2D eigenvalue weighted by molar-refractivity contribution is 5.44. The maximum atomic E-state index is 15.1. The minimum atomic E-state index is -0.743. The predicted molar refractivity (Wildman–Crippen MR) is 108 cm³/mol. The number of nitrogens with one attached hydrogen (secondary N) is 1. The third-order valence-electron chi connectivity index (χ3n) is 5.49. The molecule has 0 fully saturated rings. The van der Waals surface area contributed by atoms with E-state index in [-0.39, 0.29) is 24.4 Å². The third kappa shape index (κ3) is 5.26. The molecule has 0 aromatic heterocycles. The van der Waals surface area contributed by atoms with Crippen molar-refractivity contribution in [3.05, 3.63) is 58.4 Å². The van der Waals surface area contributed by atoms with Crippen LogP contribution in [0.1, 0.15) is 55.2 Å². The van der Waals surface area contributed by atoms with Crippen LogP contribution in [0.5, 0.6) is 0 Å². The van der Waals surface area contributed by atoms with Crippen LogP contribution in [-0.2, 0) is 6.61 Å². The van der Waals surface area contributed by atoms with E-state index in [0.717, 1.165) is 29.5 Å². The Morgan fingerprint density at radius 2 is 2.07 bits per heavy atom. The number of hydrogen-bond donors (Lipinski definition) is 4. The monoisotopic (exact) mass is 376 g/mol. The molecular formula is C22H33FN2O2. The molecule has 5 heteroatoms. The molecule has 0 bridgehead atoms. The van der Waals surface area contributed by atoms with E-state index in [1.165, 1.54) is 0 Å². The average molecular weight is 377 g/mol. The van der Waals surface area contributed by atoms with Crippen molar-refractivity contribution in [2.75, 3.05) is 7.05 Å². The second kappa shape index (κ2) is 10.1. The zero-order valence-electron chi connectivity index (χ0n) is 16.6. The van der Waals surface area contributed by atoms with Crippen LogP contribution in [-0.4, -0.2) is 35.4 Å². The lowest BCUT2D eigenvalue weighted by atomic mass is 9.80. The molecule has 4 unspecified atom stereocenters. The molecule has 0 radical (unpaired) electrons. The quantitative estimate of drug-likeness (QED) is 0.534. The summed E-state index contributed by atoms with van der Waals surface area (Å²) < 4.78 is 15.1. The first-order valence-electron chi connectivity index (χ1n) is 9.81. The second-order valence-electron chi connectivity index (χ2n) is 7.43. The molecule has 27 heavy (non-hydrogen) atoms. The van der Waals surface area contributed by atoms with Crippen LogP contribution in [0.2, 0.25) is 0 Å². The van der Waals surface area contributed by atoms with Crippen LogP contribution >= 0.6 is 0 Å². The topological polar surface area (TPSA) is 78.5 Å². The summed E-state index contributed by atoms with van der Waals surface area (Å²) in [5.74, 6) is -0.640. The summed E-state index contributed by atoms with van der Waals surface area (Å²) in [6, 6.07) is 4.82. The third-order valence-corrected chi connectivity index (χ3v) is 5.49. The highest BCUT2D eigenvalue weighted by Gasteiger charge is 2.30. The number of hydrogen-bond acceptors (Lipinski definition) is 4. The van der Waals surface area contributed by atoms with E-state index in [2.05, 4.69) is 12.2 Å². The molecule has 2 rings (SSSR count). The summed E-state index contributed by atoms with van der Waals surface area (Å²) in [6.07, 6.45) is 6.22. The molecule has 0 spiro atoms. The van der Waals surface area contributed by atoms with Crippen molar-refractivity contribution in [1.82, 2.24) is 5.32 Å². The van der Waals surface area contributed by atoms with Crippen LogP contribution in [0.4, 0.5) is 4.39 Å². The summed E-state index contributed by atoms with van der Waals surface area (Å²) in [6.45, 7) is 3.96. The van der Waals surface area contributed by atoms with Gasteiger partial charge in [-0.2, -0.15) is 0 Å². The maximum Gasteiger partial charge on any atom is 0.122 e. The van der Waals surface area contributed by atoms with Crippen LogP contribution in [0.15, 0.2) is 41.8 Å². The van der Waals surface area contributed by atoms with E-state index in [9.17, 15) is 10.2 Å². The fourth-order valence-corrected chi connectivity index (χ4v) is 3.67. The van der Waals surface area contributed by atoms with Gasteiger partial charge in [-0.05, 0) is 49.1 Å². The summed E-state index contributed by atoms with van der Waals surface area (Å²) in [7, 11) is 1.76. The lowest BCUT2D eigenvalue weighted by Crippen LogP contribution is -2.44. The number of likely N-dealkylation sites (N-methyl/N-ethyl adjacent to an activating group) is 1. The Morgan fingerprint density at radius 1 is 1.33 bits per heavy atom. The number of rotatable bonds is 9. The van der Waals surface area contributed by atoms with E-state index < -0.39 is 12.1 Å². The lowest BCUT2D eigenvalue weighted by molar-refractivity contribution is 0.146. The molecule has 4 nitrogen and oxygen atoms in total. The van der Waals surface area contributed by atoms with Gasteiger partial charge in [0.15, 0.2) is 0 Å². The Kier molecular flexibility index (Phi) is 8.17. The predicted octanol–water partition coefficient (Wildman–Crippen LogP) is 3.22. The number of aliphatic hydroxyl groups is 2. The molecule has 4 atom stereocenters. The Hall–Kier alpha value is -1.53. The number of aliphatic hydroxyl groups excluding tert-OH is 2. The molecular weight excluding hydrogens is 343 g/mol. The Labute approximate surface area is 162 Å². The second-order valence-corrected chi connectivity index (χ2v) is 7.43. The van der Waals surface area contributed by atoms with Gasteiger partial charge in [0.2, 0.25) is 0 Å². The standard InChI is InChI=1S/C22H33FN2O2/c1-4-5-6-17(27)12-19(15-8-7-14(2)16(11-15)13-26)18-9-10-20(25-3)22(24)21(18)23/h7-11,17,19-20,22,25-27H,4-6,12-13,24H2,1-3H3. The molecule has 0 heterocycles. The van der Waals surface area contributed by atoms with Gasteiger partial charge in [0.1, 0.15) is 5.83 Å². The molecule has 5 N–H and O–H groups in total. The smallest absolute Gasteiger partial charge is 0.122 e. The van der Waals surface area contributed by atoms with Crippen molar-refractivity contribution < 1.29 is 14.6 Å². The molecule has 0 saturated heterocycles. The Bertz CT molecular complexity index is 687. The number of unbranched alkanes of at least 4 members (excludes halogenated alkanes) is 1. The van der Waals surface area contributed by atoms with Gasteiger partial charge >= 0.3 is 0 Å². The zero-order chi connectivity index (χ0) is 20.0. The van der Waals surface area contributed by atoms with Gasteiger partial charge in [-0.15, -0.1) is 0 Å². The maximum absolute atomic E-state index is 15.1. The summed E-state index contributed by atoms with van der Waals surface area (Å²) in [5, 5.41) is 23.1. The van der Waals surface area contributed by atoms with Crippen LogP contribution in [0.25, 0.3) is 0 Å². The van der Waals surface area contributed by atoms with E-state index in [0.29, 0.717) is 18.4 Å². The summed E-state index contributed by atoms with van der Waals surface area (Å²) in [5.41, 5.74) is 9.31. The van der Waals surface area contributed by atoms with Crippen LogP contribution in [0.3, 0.4) is 0 Å². The van der Waals surface area contributed by atoms with Gasteiger partial charge in [-0.3, -0.25) is 0 Å². The van der Waals surface area contributed by atoms with Gasteiger partial charge in [-0.25, -0.2) is 4.39 Å².